The summed E-state index contributed by atoms with van der Waals surface area (Å²) >= 11 is 0. The molecular weight excluding hydrogens is 294 g/mol. The van der Waals surface area contributed by atoms with E-state index in [2.05, 4.69) is 5.16 Å². The van der Waals surface area contributed by atoms with E-state index in [-0.39, 0.29) is 23.1 Å². The lowest BCUT2D eigenvalue weighted by atomic mass is 10.1. The van der Waals surface area contributed by atoms with Gasteiger partial charge >= 0.3 is 0 Å². The molecule has 1 saturated heterocycles. The van der Waals surface area contributed by atoms with E-state index in [4.69, 9.17) is 4.52 Å². The molecule has 118 valence electrons. The number of amides is 1. The molecular formula is C13H21N3O4S. The molecule has 0 saturated carbocycles. The first-order valence-electron chi connectivity index (χ1n) is 7.01. The molecule has 1 amide bonds. The number of rotatable bonds is 4. The SMILES string of the molecule is Cc1noc(C)c1S(=O)(=O)N(C)CC(=O)N1CCCCC1. The van der Waals surface area contributed by atoms with Gasteiger partial charge in [-0.2, -0.15) is 4.31 Å². The Balaban J connectivity index is 2.12. The summed E-state index contributed by atoms with van der Waals surface area (Å²) in [7, 11) is -2.36. The Bertz CT molecular complexity index is 598. The number of likely N-dealkylation sites (N-methyl/N-ethyl adjacent to an activating group) is 1. The number of hydrogen-bond donors (Lipinski definition) is 0. The molecule has 0 unspecified atom stereocenters. The van der Waals surface area contributed by atoms with Crippen molar-refractivity contribution in [2.75, 3.05) is 26.7 Å². The summed E-state index contributed by atoms with van der Waals surface area (Å²) in [5, 5.41) is 3.66. The molecule has 8 heteroatoms. The van der Waals surface area contributed by atoms with E-state index < -0.39 is 10.0 Å². The summed E-state index contributed by atoms with van der Waals surface area (Å²) < 4.78 is 31.0. The fourth-order valence-corrected chi connectivity index (χ4v) is 3.92. The zero-order valence-electron chi connectivity index (χ0n) is 12.6. The maximum atomic E-state index is 12.5. The maximum Gasteiger partial charge on any atom is 0.248 e. The normalized spacial score (nSPS) is 16.5. The monoisotopic (exact) mass is 315 g/mol. The van der Waals surface area contributed by atoms with Crippen LogP contribution in [0.4, 0.5) is 0 Å². The van der Waals surface area contributed by atoms with Crippen molar-refractivity contribution in [2.24, 2.45) is 0 Å². The average Bonchev–Trinajstić information content (AvgIpc) is 2.79. The van der Waals surface area contributed by atoms with Crippen LogP contribution >= 0.6 is 0 Å². The number of aryl methyl sites for hydroxylation is 2. The summed E-state index contributed by atoms with van der Waals surface area (Å²) in [6.45, 7) is 4.37. The van der Waals surface area contributed by atoms with Gasteiger partial charge in [-0.05, 0) is 33.1 Å². The van der Waals surface area contributed by atoms with Crippen molar-refractivity contribution in [1.82, 2.24) is 14.4 Å². The highest BCUT2D eigenvalue weighted by atomic mass is 32.2. The second-order valence-corrected chi connectivity index (χ2v) is 7.34. The second-order valence-electron chi connectivity index (χ2n) is 5.36. The number of likely N-dealkylation sites (tertiary alicyclic amines) is 1. The van der Waals surface area contributed by atoms with Crippen LogP contribution < -0.4 is 0 Å². The van der Waals surface area contributed by atoms with Gasteiger partial charge in [0, 0.05) is 20.1 Å². The van der Waals surface area contributed by atoms with Crippen LogP contribution in [0.5, 0.6) is 0 Å². The molecule has 0 bridgehead atoms. The van der Waals surface area contributed by atoms with Crippen LogP contribution in [0.15, 0.2) is 9.42 Å². The molecule has 0 N–H and O–H groups in total. The molecule has 0 atom stereocenters. The number of carbonyl (C=O) groups is 1. The van der Waals surface area contributed by atoms with E-state index >= 15 is 0 Å². The average molecular weight is 315 g/mol. The molecule has 1 fully saturated rings. The summed E-state index contributed by atoms with van der Waals surface area (Å²) in [6, 6.07) is 0. The predicted molar refractivity (Wildman–Crippen MR) is 76.2 cm³/mol. The molecule has 1 aliphatic heterocycles. The van der Waals surface area contributed by atoms with Crippen molar-refractivity contribution in [3.63, 3.8) is 0 Å². The number of carbonyl (C=O) groups excluding carboxylic acids is 1. The topological polar surface area (TPSA) is 83.7 Å². The fraction of sp³-hybridized carbons (Fsp3) is 0.692. The second kappa shape index (κ2) is 6.15. The molecule has 0 spiro atoms. The Morgan fingerprint density at radius 1 is 1.29 bits per heavy atom. The minimum absolute atomic E-state index is 0.0523. The Hall–Kier alpha value is -1.41. The Kier molecular flexibility index (Phi) is 4.67. The molecule has 0 aromatic carbocycles. The highest BCUT2D eigenvalue weighted by Crippen LogP contribution is 2.22. The molecule has 1 aromatic heterocycles. The number of aromatic nitrogens is 1. The third-order valence-electron chi connectivity index (χ3n) is 3.70. The van der Waals surface area contributed by atoms with E-state index in [1.165, 1.54) is 7.05 Å². The molecule has 1 aliphatic rings. The standard InChI is InChI=1S/C13H21N3O4S/c1-10-13(11(2)20-14-10)21(18,19)15(3)9-12(17)16-7-5-4-6-8-16/h4-9H2,1-3H3. The minimum atomic E-state index is -3.76. The number of nitrogens with zero attached hydrogens (tertiary/aromatic N) is 3. The smallest absolute Gasteiger partial charge is 0.248 e. The van der Waals surface area contributed by atoms with Crippen molar-refractivity contribution >= 4 is 15.9 Å². The molecule has 2 heterocycles. The first kappa shape index (κ1) is 16.0. The quantitative estimate of drug-likeness (QED) is 0.825. The van der Waals surface area contributed by atoms with Gasteiger partial charge in [0.05, 0.1) is 6.54 Å². The highest BCUT2D eigenvalue weighted by molar-refractivity contribution is 7.89. The van der Waals surface area contributed by atoms with Gasteiger partial charge in [-0.25, -0.2) is 8.42 Å². The summed E-state index contributed by atoms with van der Waals surface area (Å²) in [5.74, 6) is 0.0808. The molecule has 21 heavy (non-hydrogen) atoms. The number of sulfonamides is 1. The van der Waals surface area contributed by atoms with Crippen LogP contribution in [0.3, 0.4) is 0 Å². The predicted octanol–water partition coefficient (Wildman–Crippen LogP) is 0.924. The molecule has 7 nitrogen and oxygen atoms in total. The summed E-state index contributed by atoms with van der Waals surface area (Å²) in [5.41, 5.74) is 0.310. The lowest BCUT2D eigenvalue weighted by Gasteiger charge is -2.28. The van der Waals surface area contributed by atoms with Gasteiger partial charge in [0.15, 0.2) is 5.76 Å². The van der Waals surface area contributed by atoms with E-state index in [1.54, 1.807) is 18.7 Å². The van der Waals surface area contributed by atoms with Gasteiger partial charge in [0.2, 0.25) is 15.9 Å². The molecule has 1 aromatic rings. The fourth-order valence-electron chi connectivity index (χ4n) is 2.52. The van der Waals surface area contributed by atoms with Crippen LogP contribution in [0.1, 0.15) is 30.7 Å². The Morgan fingerprint density at radius 2 is 1.90 bits per heavy atom. The van der Waals surface area contributed by atoms with Crippen LogP contribution in [0.2, 0.25) is 0 Å². The third kappa shape index (κ3) is 3.26. The first-order valence-corrected chi connectivity index (χ1v) is 8.45. The van der Waals surface area contributed by atoms with E-state index in [1.807, 2.05) is 0 Å². The summed E-state index contributed by atoms with van der Waals surface area (Å²) in [4.78, 5) is 14.0. The molecule has 0 radical (unpaired) electrons. The van der Waals surface area contributed by atoms with Gasteiger partial charge in [-0.3, -0.25) is 4.79 Å². The van der Waals surface area contributed by atoms with Crippen LogP contribution in [0, 0.1) is 13.8 Å². The lowest BCUT2D eigenvalue weighted by Crippen LogP contribution is -2.43. The largest absolute Gasteiger partial charge is 0.360 e. The Morgan fingerprint density at radius 3 is 2.43 bits per heavy atom. The lowest BCUT2D eigenvalue weighted by molar-refractivity contribution is -0.132. The van der Waals surface area contributed by atoms with Crippen LogP contribution in [-0.4, -0.2) is 55.4 Å². The van der Waals surface area contributed by atoms with Crippen molar-refractivity contribution in [3.8, 4) is 0 Å². The van der Waals surface area contributed by atoms with Crippen molar-refractivity contribution in [3.05, 3.63) is 11.5 Å². The van der Waals surface area contributed by atoms with Crippen LogP contribution in [-0.2, 0) is 14.8 Å². The van der Waals surface area contributed by atoms with E-state index in [0.29, 0.717) is 18.8 Å². The van der Waals surface area contributed by atoms with Gasteiger partial charge < -0.3 is 9.42 Å². The molecule has 0 aliphatic carbocycles. The van der Waals surface area contributed by atoms with Gasteiger partial charge in [0.1, 0.15) is 10.6 Å². The molecule has 2 rings (SSSR count). The zero-order valence-corrected chi connectivity index (χ0v) is 13.4. The zero-order chi connectivity index (χ0) is 15.6. The maximum absolute atomic E-state index is 12.5. The Labute approximate surface area is 124 Å². The number of hydrogen-bond acceptors (Lipinski definition) is 5. The third-order valence-corrected chi connectivity index (χ3v) is 5.75. The minimum Gasteiger partial charge on any atom is -0.360 e. The van der Waals surface area contributed by atoms with Crippen molar-refractivity contribution in [1.29, 1.82) is 0 Å². The van der Waals surface area contributed by atoms with E-state index in [9.17, 15) is 13.2 Å². The summed E-state index contributed by atoms with van der Waals surface area (Å²) in [6.07, 6.45) is 3.08. The van der Waals surface area contributed by atoms with Crippen LogP contribution in [0.25, 0.3) is 0 Å². The van der Waals surface area contributed by atoms with Gasteiger partial charge in [-0.1, -0.05) is 5.16 Å². The number of piperidine rings is 1. The van der Waals surface area contributed by atoms with Gasteiger partial charge in [-0.15, -0.1) is 0 Å². The van der Waals surface area contributed by atoms with Crippen molar-refractivity contribution < 1.29 is 17.7 Å². The van der Waals surface area contributed by atoms with Gasteiger partial charge in [0.25, 0.3) is 0 Å². The van der Waals surface area contributed by atoms with Crippen molar-refractivity contribution in [2.45, 2.75) is 38.0 Å². The first-order chi connectivity index (χ1) is 9.84. The highest BCUT2D eigenvalue weighted by Gasteiger charge is 2.31. The van der Waals surface area contributed by atoms with E-state index in [0.717, 1.165) is 23.6 Å².